The average Bonchev–Trinajstić information content (AvgIpc) is 3.26. The highest BCUT2D eigenvalue weighted by Crippen LogP contribution is 2.45. The molecule has 2 aromatic heterocycles. The van der Waals surface area contributed by atoms with Gasteiger partial charge in [-0.2, -0.15) is 5.10 Å². The second kappa shape index (κ2) is 5.90. The second-order valence-corrected chi connectivity index (χ2v) is 6.96. The molecular formula is C20H22N4O2. The fraction of sp³-hybridized carbons (Fsp3) is 0.400. The van der Waals surface area contributed by atoms with Crippen molar-refractivity contribution in [2.75, 3.05) is 24.7 Å². The maximum Gasteiger partial charge on any atom is 0.166 e. The van der Waals surface area contributed by atoms with E-state index in [2.05, 4.69) is 40.1 Å². The van der Waals surface area contributed by atoms with E-state index in [0.717, 1.165) is 47.6 Å². The van der Waals surface area contributed by atoms with E-state index >= 15 is 0 Å². The third-order valence-corrected chi connectivity index (χ3v) is 5.40. The minimum Gasteiger partial charge on any atom is -0.486 e. The number of pyridine rings is 1. The smallest absolute Gasteiger partial charge is 0.166 e. The molecule has 0 saturated carbocycles. The van der Waals surface area contributed by atoms with Crippen molar-refractivity contribution in [1.82, 2.24) is 14.8 Å². The van der Waals surface area contributed by atoms with E-state index in [1.165, 1.54) is 11.3 Å². The van der Waals surface area contributed by atoms with Crippen LogP contribution in [0.15, 0.2) is 30.5 Å². The number of aromatic nitrogens is 3. The van der Waals surface area contributed by atoms with Crippen molar-refractivity contribution in [3.63, 3.8) is 0 Å². The number of fused-ring (bicyclic) bond motifs is 2. The van der Waals surface area contributed by atoms with E-state index in [1.807, 2.05) is 24.0 Å². The molecule has 1 unspecified atom stereocenters. The number of hydrogen-bond donors (Lipinski definition) is 0. The number of benzene rings is 1. The van der Waals surface area contributed by atoms with Gasteiger partial charge in [0.2, 0.25) is 0 Å². The van der Waals surface area contributed by atoms with E-state index < -0.39 is 0 Å². The van der Waals surface area contributed by atoms with Crippen molar-refractivity contribution in [2.45, 2.75) is 25.8 Å². The maximum atomic E-state index is 5.99. The van der Waals surface area contributed by atoms with Gasteiger partial charge in [-0.05, 0) is 31.9 Å². The van der Waals surface area contributed by atoms with E-state index in [-0.39, 0.29) is 6.04 Å². The molecule has 6 nitrogen and oxygen atoms in total. The summed E-state index contributed by atoms with van der Waals surface area (Å²) in [4.78, 5) is 7.01. The van der Waals surface area contributed by atoms with Gasteiger partial charge in [0.15, 0.2) is 17.1 Å². The highest BCUT2D eigenvalue weighted by atomic mass is 16.6. The minimum atomic E-state index is 0.275. The molecule has 0 bridgehead atoms. The van der Waals surface area contributed by atoms with Crippen molar-refractivity contribution in [1.29, 1.82) is 0 Å². The van der Waals surface area contributed by atoms with Crippen LogP contribution in [0.4, 0.5) is 5.69 Å². The lowest BCUT2D eigenvalue weighted by molar-refractivity contribution is 0.169. The molecular weight excluding hydrogens is 328 g/mol. The van der Waals surface area contributed by atoms with Crippen LogP contribution >= 0.6 is 0 Å². The van der Waals surface area contributed by atoms with Crippen molar-refractivity contribution in [3.8, 4) is 11.5 Å². The zero-order chi connectivity index (χ0) is 17.7. The van der Waals surface area contributed by atoms with Gasteiger partial charge < -0.3 is 14.4 Å². The normalized spacial score (nSPS) is 19.3. The Hall–Kier alpha value is -2.76. The summed E-state index contributed by atoms with van der Waals surface area (Å²) in [5.41, 5.74) is 4.37. The summed E-state index contributed by atoms with van der Waals surface area (Å²) >= 11 is 0. The molecule has 6 heteroatoms. The van der Waals surface area contributed by atoms with Gasteiger partial charge in [0, 0.05) is 25.4 Å². The second-order valence-electron chi connectivity index (χ2n) is 6.96. The molecule has 0 radical (unpaired) electrons. The fourth-order valence-corrected chi connectivity index (χ4v) is 4.33. The third-order valence-electron chi connectivity index (χ3n) is 5.40. The van der Waals surface area contributed by atoms with Crippen LogP contribution in [-0.4, -0.2) is 34.5 Å². The van der Waals surface area contributed by atoms with Crippen molar-refractivity contribution in [2.24, 2.45) is 7.05 Å². The Labute approximate surface area is 152 Å². The quantitative estimate of drug-likeness (QED) is 0.709. The molecule has 1 aromatic carbocycles. The molecule has 26 heavy (non-hydrogen) atoms. The van der Waals surface area contributed by atoms with Crippen LogP contribution in [-0.2, 0) is 7.05 Å². The summed E-state index contributed by atoms with van der Waals surface area (Å²) < 4.78 is 13.6. The Bertz CT molecular complexity index is 981. The number of aryl methyl sites for hydroxylation is 2. The number of rotatable bonds is 2. The van der Waals surface area contributed by atoms with Gasteiger partial charge in [0.25, 0.3) is 0 Å². The molecule has 4 heterocycles. The predicted octanol–water partition coefficient (Wildman–Crippen LogP) is 3.39. The van der Waals surface area contributed by atoms with Gasteiger partial charge in [-0.1, -0.05) is 12.1 Å². The molecule has 3 aromatic rings. The molecule has 1 fully saturated rings. The summed E-state index contributed by atoms with van der Waals surface area (Å²) in [6.45, 7) is 4.30. The number of hydrogen-bond acceptors (Lipinski definition) is 5. The monoisotopic (exact) mass is 350 g/mol. The van der Waals surface area contributed by atoms with E-state index in [4.69, 9.17) is 9.47 Å². The summed E-state index contributed by atoms with van der Waals surface area (Å²) in [7, 11) is 1.95. The van der Waals surface area contributed by atoms with Crippen LogP contribution in [0.1, 0.15) is 30.1 Å². The zero-order valence-corrected chi connectivity index (χ0v) is 15.1. The molecule has 5 rings (SSSR count). The van der Waals surface area contributed by atoms with Crippen LogP contribution in [0.25, 0.3) is 11.0 Å². The Balaban J connectivity index is 1.63. The average molecular weight is 350 g/mol. The van der Waals surface area contributed by atoms with Crippen LogP contribution in [0, 0.1) is 6.92 Å². The molecule has 0 amide bonds. The Morgan fingerprint density at radius 2 is 2.04 bits per heavy atom. The number of para-hydroxylation sites is 1. The lowest BCUT2D eigenvalue weighted by Gasteiger charge is -2.30. The van der Waals surface area contributed by atoms with Gasteiger partial charge in [-0.15, -0.1) is 0 Å². The predicted molar refractivity (Wildman–Crippen MR) is 100.0 cm³/mol. The zero-order valence-electron chi connectivity index (χ0n) is 15.1. The van der Waals surface area contributed by atoms with Crippen LogP contribution in [0.2, 0.25) is 0 Å². The van der Waals surface area contributed by atoms with E-state index in [1.54, 1.807) is 0 Å². The Kier molecular flexibility index (Phi) is 3.51. The lowest BCUT2D eigenvalue weighted by Crippen LogP contribution is -2.25. The topological polar surface area (TPSA) is 52.4 Å². The van der Waals surface area contributed by atoms with Crippen LogP contribution in [0.3, 0.4) is 0 Å². The summed E-state index contributed by atoms with van der Waals surface area (Å²) in [6, 6.07) is 8.62. The first-order valence-corrected chi connectivity index (χ1v) is 9.17. The van der Waals surface area contributed by atoms with Gasteiger partial charge in [-0.25, -0.2) is 4.98 Å². The van der Waals surface area contributed by atoms with Crippen molar-refractivity contribution < 1.29 is 9.47 Å². The summed E-state index contributed by atoms with van der Waals surface area (Å²) in [6.07, 6.45) is 4.13. The molecule has 134 valence electrons. The molecule has 0 aliphatic carbocycles. The Morgan fingerprint density at radius 1 is 1.15 bits per heavy atom. The Morgan fingerprint density at radius 3 is 2.96 bits per heavy atom. The van der Waals surface area contributed by atoms with Crippen LogP contribution in [0.5, 0.6) is 11.5 Å². The largest absolute Gasteiger partial charge is 0.486 e. The molecule has 2 aliphatic heterocycles. The van der Waals surface area contributed by atoms with Gasteiger partial charge >= 0.3 is 0 Å². The van der Waals surface area contributed by atoms with Crippen molar-refractivity contribution in [3.05, 3.63) is 41.7 Å². The first kappa shape index (κ1) is 15.5. The summed E-state index contributed by atoms with van der Waals surface area (Å²) in [5.74, 6) is 1.77. The molecule has 0 N–H and O–H groups in total. The molecule has 1 saturated heterocycles. The highest BCUT2D eigenvalue weighted by molar-refractivity contribution is 5.92. The molecule has 0 spiro atoms. The van der Waals surface area contributed by atoms with Gasteiger partial charge in [0.1, 0.15) is 13.2 Å². The number of ether oxygens (including phenoxy) is 2. The van der Waals surface area contributed by atoms with Gasteiger partial charge in [-0.3, -0.25) is 4.68 Å². The number of anilines is 1. The van der Waals surface area contributed by atoms with Crippen LogP contribution < -0.4 is 14.4 Å². The molecule has 1 atom stereocenters. The van der Waals surface area contributed by atoms with E-state index in [9.17, 15) is 0 Å². The summed E-state index contributed by atoms with van der Waals surface area (Å²) in [5, 5.41) is 5.72. The maximum absolute atomic E-state index is 5.99. The minimum absolute atomic E-state index is 0.275. The SMILES string of the molecule is Cc1nn(C)c2nccc(N3CCCC3c3cccc4c3OCCO4)c12. The lowest BCUT2D eigenvalue weighted by atomic mass is 10.0. The molecule has 2 aliphatic rings. The van der Waals surface area contributed by atoms with Gasteiger partial charge in [0.05, 0.1) is 22.8 Å². The highest BCUT2D eigenvalue weighted by Gasteiger charge is 2.32. The van der Waals surface area contributed by atoms with Crippen molar-refractivity contribution >= 4 is 16.7 Å². The number of nitrogens with zero attached hydrogens (tertiary/aromatic N) is 4. The first-order valence-electron chi connectivity index (χ1n) is 9.17. The van der Waals surface area contributed by atoms with E-state index in [0.29, 0.717) is 13.2 Å². The standard InChI is InChI=1S/C20H22N4O2/c1-13-18-16(8-9-21-20(18)23(2)22-13)24-10-4-6-15(24)14-5-3-7-17-19(14)26-12-11-25-17/h3,5,7-9,15H,4,6,10-12H2,1-2H3. The third kappa shape index (κ3) is 2.25. The fourth-order valence-electron chi connectivity index (χ4n) is 4.33. The first-order chi connectivity index (χ1) is 12.7.